The number of hydrogen-bond donors (Lipinski definition) is 0. The highest BCUT2D eigenvalue weighted by Crippen LogP contribution is 2.25. The van der Waals surface area contributed by atoms with Gasteiger partial charge in [-0.25, -0.2) is 0 Å². The van der Waals surface area contributed by atoms with E-state index < -0.39 is 0 Å². The lowest BCUT2D eigenvalue weighted by Crippen LogP contribution is -2.08. The molecular weight excluding hydrogens is 312 g/mol. The zero-order valence-corrected chi connectivity index (χ0v) is 11.1. The number of ether oxygens (including phenoxy) is 1. The van der Waals surface area contributed by atoms with Gasteiger partial charge >= 0.3 is 0 Å². The summed E-state index contributed by atoms with van der Waals surface area (Å²) in [5.74, 6) is 0.570. The highest BCUT2D eigenvalue weighted by molar-refractivity contribution is 9.25. The summed E-state index contributed by atoms with van der Waals surface area (Å²) >= 11 is 6.34. The van der Waals surface area contributed by atoms with Crippen molar-refractivity contribution in [2.75, 3.05) is 7.11 Å². The first-order chi connectivity index (χ1) is 6.56. The Morgan fingerprint density at radius 1 is 1.43 bits per heavy atom. The molecular formula is C10H10Br2O2. The maximum Gasteiger partial charge on any atom is 0.190 e. The van der Waals surface area contributed by atoms with Gasteiger partial charge in [0.2, 0.25) is 0 Å². The van der Waals surface area contributed by atoms with Crippen molar-refractivity contribution in [3.05, 3.63) is 29.3 Å². The molecule has 2 nitrogen and oxygen atoms in total. The molecule has 0 saturated heterocycles. The normalized spacial score (nSPS) is 10.4. The number of methoxy groups -OCH3 is 1. The van der Waals surface area contributed by atoms with E-state index in [0.717, 1.165) is 5.56 Å². The predicted octanol–water partition coefficient (Wildman–Crippen LogP) is 3.30. The van der Waals surface area contributed by atoms with Crippen LogP contribution >= 0.6 is 31.9 Å². The lowest BCUT2D eigenvalue weighted by Gasteiger charge is -2.08. The average Bonchev–Trinajstić information content (AvgIpc) is 2.16. The van der Waals surface area contributed by atoms with Crippen LogP contribution in [0.25, 0.3) is 0 Å². The van der Waals surface area contributed by atoms with Crippen LogP contribution in [0.1, 0.15) is 15.9 Å². The summed E-state index contributed by atoms with van der Waals surface area (Å²) in [4.78, 5) is 11.7. The van der Waals surface area contributed by atoms with Crippen molar-refractivity contribution in [3.8, 4) is 5.75 Å². The van der Waals surface area contributed by atoms with Gasteiger partial charge in [0, 0.05) is 0 Å². The third-order valence-electron chi connectivity index (χ3n) is 1.82. The Hall–Kier alpha value is -0.350. The molecule has 0 radical (unpaired) electrons. The van der Waals surface area contributed by atoms with Crippen molar-refractivity contribution in [3.63, 3.8) is 0 Å². The van der Waals surface area contributed by atoms with Crippen LogP contribution in [-0.2, 0) is 0 Å². The monoisotopic (exact) mass is 320 g/mol. The summed E-state index contributed by atoms with van der Waals surface area (Å²) in [7, 11) is 1.56. The van der Waals surface area contributed by atoms with Crippen LogP contribution < -0.4 is 4.74 Å². The average molecular weight is 322 g/mol. The van der Waals surface area contributed by atoms with Gasteiger partial charge in [0.05, 0.1) is 12.7 Å². The predicted molar refractivity (Wildman–Crippen MR) is 63.7 cm³/mol. The van der Waals surface area contributed by atoms with E-state index in [-0.39, 0.29) is 9.52 Å². The van der Waals surface area contributed by atoms with Crippen LogP contribution in [0.2, 0.25) is 0 Å². The summed E-state index contributed by atoms with van der Waals surface area (Å²) in [5.41, 5.74) is 1.65. The quantitative estimate of drug-likeness (QED) is 0.630. The maximum absolute atomic E-state index is 11.7. The van der Waals surface area contributed by atoms with E-state index in [1.807, 2.05) is 19.1 Å². The SMILES string of the molecule is COc1cc(C)ccc1C(=O)C(Br)Br. The van der Waals surface area contributed by atoms with Gasteiger partial charge in [-0.15, -0.1) is 0 Å². The number of ketones is 1. The maximum atomic E-state index is 11.7. The fourth-order valence-electron chi connectivity index (χ4n) is 1.12. The summed E-state index contributed by atoms with van der Waals surface area (Å²) in [6, 6.07) is 5.50. The van der Waals surface area contributed by atoms with E-state index in [2.05, 4.69) is 31.9 Å². The number of carbonyl (C=O) groups is 1. The van der Waals surface area contributed by atoms with Crippen molar-refractivity contribution in [2.24, 2.45) is 0 Å². The molecule has 14 heavy (non-hydrogen) atoms. The second-order valence-corrected chi connectivity index (χ2v) is 5.93. The van der Waals surface area contributed by atoms with Gasteiger partial charge in [-0.05, 0) is 24.6 Å². The summed E-state index contributed by atoms with van der Waals surface area (Å²) in [5, 5.41) is 0. The second-order valence-electron chi connectivity index (χ2n) is 2.87. The molecule has 0 bridgehead atoms. The highest BCUT2D eigenvalue weighted by atomic mass is 79.9. The fraction of sp³-hybridized carbons (Fsp3) is 0.300. The molecule has 0 fully saturated rings. The first-order valence-electron chi connectivity index (χ1n) is 4.03. The molecule has 76 valence electrons. The van der Waals surface area contributed by atoms with E-state index >= 15 is 0 Å². The first kappa shape index (κ1) is 11.7. The number of halogens is 2. The van der Waals surface area contributed by atoms with Gasteiger partial charge in [0.1, 0.15) is 9.49 Å². The molecule has 0 aromatic heterocycles. The molecule has 0 atom stereocenters. The molecule has 0 unspecified atom stereocenters. The van der Waals surface area contributed by atoms with E-state index in [9.17, 15) is 4.79 Å². The lowest BCUT2D eigenvalue weighted by molar-refractivity contribution is 0.101. The van der Waals surface area contributed by atoms with Gasteiger partial charge in [0.25, 0.3) is 0 Å². The van der Waals surface area contributed by atoms with Gasteiger partial charge in [-0.3, -0.25) is 4.79 Å². The minimum absolute atomic E-state index is 0.0400. The number of rotatable bonds is 3. The number of carbonyl (C=O) groups excluding carboxylic acids is 1. The highest BCUT2D eigenvalue weighted by Gasteiger charge is 2.17. The van der Waals surface area contributed by atoms with Gasteiger partial charge in [-0.2, -0.15) is 0 Å². The zero-order valence-electron chi connectivity index (χ0n) is 7.88. The standard InChI is InChI=1S/C10H10Br2O2/c1-6-3-4-7(8(5-6)14-2)9(13)10(11)12/h3-5,10H,1-2H3. The Bertz CT molecular complexity index is 348. The Kier molecular flexibility index (Phi) is 4.13. The number of aryl methyl sites for hydroxylation is 1. The third-order valence-corrected chi connectivity index (χ3v) is 2.65. The van der Waals surface area contributed by atoms with E-state index in [0.29, 0.717) is 11.3 Å². The minimum atomic E-state index is -0.369. The molecule has 0 aliphatic heterocycles. The molecule has 0 spiro atoms. The molecule has 0 saturated carbocycles. The van der Waals surface area contributed by atoms with E-state index in [4.69, 9.17) is 4.74 Å². The molecule has 0 N–H and O–H groups in total. The first-order valence-corrected chi connectivity index (χ1v) is 5.86. The number of alkyl halides is 2. The topological polar surface area (TPSA) is 26.3 Å². The molecule has 0 aliphatic rings. The smallest absolute Gasteiger partial charge is 0.190 e. The molecule has 4 heteroatoms. The summed E-state index contributed by atoms with van der Waals surface area (Å²) in [6.45, 7) is 1.95. The lowest BCUT2D eigenvalue weighted by atomic mass is 10.1. The van der Waals surface area contributed by atoms with Crippen molar-refractivity contribution in [2.45, 2.75) is 10.7 Å². The van der Waals surface area contributed by atoms with Crippen LogP contribution in [0.15, 0.2) is 18.2 Å². The van der Waals surface area contributed by atoms with Crippen LogP contribution in [0.4, 0.5) is 0 Å². The molecule has 0 heterocycles. The van der Waals surface area contributed by atoms with Crippen LogP contribution in [0.5, 0.6) is 5.75 Å². The number of benzene rings is 1. The van der Waals surface area contributed by atoms with Crippen molar-refractivity contribution < 1.29 is 9.53 Å². The number of Topliss-reactive ketones (excluding diaryl/α,β-unsaturated/α-hetero) is 1. The summed E-state index contributed by atoms with van der Waals surface area (Å²) in [6.07, 6.45) is 0. The Balaban J connectivity index is 3.14. The van der Waals surface area contributed by atoms with Crippen molar-refractivity contribution in [1.29, 1.82) is 0 Å². The molecule has 1 aromatic carbocycles. The Labute approximate surface area is 99.9 Å². The molecule has 1 aromatic rings. The van der Waals surface area contributed by atoms with Gasteiger partial charge in [0.15, 0.2) is 5.78 Å². The van der Waals surface area contributed by atoms with E-state index in [1.54, 1.807) is 13.2 Å². The van der Waals surface area contributed by atoms with E-state index in [1.165, 1.54) is 0 Å². The minimum Gasteiger partial charge on any atom is -0.496 e. The van der Waals surface area contributed by atoms with Gasteiger partial charge < -0.3 is 4.74 Å². The van der Waals surface area contributed by atoms with Gasteiger partial charge in [-0.1, -0.05) is 37.9 Å². The fourth-order valence-corrected chi connectivity index (χ4v) is 1.61. The Morgan fingerprint density at radius 3 is 2.57 bits per heavy atom. The third kappa shape index (κ3) is 2.58. The molecule has 0 aliphatic carbocycles. The molecule has 0 amide bonds. The summed E-state index contributed by atoms with van der Waals surface area (Å²) < 4.78 is 4.77. The van der Waals surface area contributed by atoms with Crippen LogP contribution in [0.3, 0.4) is 0 Å². The van der Waals surface area contributed by atoms with Crippen molar-refractivity contribution in [1.82, 2.24) is 0 Å². The Morgan fingerprint density at radius 2 is 2.07 bits per heavy atom. The largest absolute Gasteiger partial charge is 0.496 e. The second kappa shape index (κ2) is 4.94. The van der Waals surface area contributed by atoms with Crippen LogP contribution in [-0.4, -0.2) is 16.6 Å². The molecule has 1 rings (SSSR count). The number of hydrogen-bond acceptors (Lipinski definition) is 2. The van der Waals surface area contributed by atoms with Crippen molar-refractivity contribution >= 4 is 37.6 Å². The zero-order chi connectivity index (χ0) is 10.7. The van der Waals surface area contributed by atoms with Crippen LogP contribution in [0, 0.1) is 6.92 Å².